The fourth-order valence-electron chi connectivity index (χ4n) is 8.84. The van der Waals surface area contributed by atoms with Crippen LogP contribution in [0.1, 0.15) is 297 Å². The zero-order valence-electron chi connectivity index (χ0n) is 45.2. The van der Waals surface area contributed by atoms with Crippen LogP contribution in [-0.4, -0.2) is 46.9 Å². The van der Waals surface area contributed by atoms with Crippen LogP contribution >= 0.6 is 0 Å². The molecule has 3 atom stereocenters. The third-order valence-corrected chi connectivity index (χ3v) is 13.3. The van der Waals surface area contributed by atoms with Gasteiger partial charge in [-0.25, -0.2) is 0 Å². The van der Waals surface area contributed by atoms with Gasteiger partial charge in [-0.1, -0.05) is 255 Å². The van der Waals surface area contributed by atoms with E-state index in [1.807, 2.05) is 0 Å². The lowest BCUT2D eigenvalue weighted by molar-refractivity contribution is -0.151. The minimum Gasteiger partial charge on any atom is -0.462 e. The van der Waals surface area contributed by atoms with Crippen molar-refractivity contribution in [1.82, 2.24) is 5.32 Å². The average Bonchev–Trinajstić information content (AvgIpc) is 3.33. The predicted octanol–water partition coefficient (Wildman–Crippen LogP) is 18.4. The summed E-state index contributed by atoms with van der Waals surface area (Å²) in [4.78, 5) is 26.3. The number of rotatable bonds is 53. The Hall–Kier alpha value is -2.44. The summed E-state index contributed by atoms with van der Waals surface area (Å²) in [5, 5.41) is 23.9. The molecule has 0 aromatic carbocycles. The highest BCUT2D eigenvalue weighted by Gasteiger charge is 2.24. The lowest BCUT2D eigenvalue weighted by Gasteiger charge is -2.24. The highest BCUT2D eigenvalue weighted by molar-refractivity contribution is 5.77. The van der Waals surface area contributed by atoms with E-state index in [0.29, 0.717) is 19.3 Å². The minimum atomic E-state index is -0.798. The molecule has 0 saturated carbocycles. The van der Waals surface area contributed by atoms with Crippen LogP contribution in [0.3, 0.4) is 0 Å². The number of allylic oxidation sites excluding steroid dienone is 10. The van der Waals surface area contributed by atoms with Gasteiger partial charge in [0.1, 0.15) is 6.10 Å². The van der Waals surface area contributed by atoms with E-state index in [1.54, 1.807) is 0 Å². The van der Waals surface area contributed by atoms with E-state index in [-0.39, 0.29) is 24.9 Å². The highest BCUT2D eigenvalue weighted by Crippen LogP contribution is 2.18. The second kappa shape index (κ2) is 55.5. The summed E-state index contributed by atoms with van der Waals surface area (Å²) >= 11 is 0. The zero-order valence-corrected chi connectivity index (χ0v) is 45.2. The first kappa shape index (κ1) is 65.6. The number of esters is 1. The maximum absolute atomic E-state index is 13.3. The number of amides is 1. The van der Waals surface area contributed by atoms with Gasteiger partial charge in [-0.2, -0.15) is 0 Å². The number of hydrogen-bond acceptors (Lipinski definition) is 5. The molecule has 0 radical (unpaired) electrons. The van der Waals surface area contributed by atoms with E-state index in [2.05, 4.69) is 86.8 Å². The molecule has 0 rings (SSSR count). The van der Waals surface area contributed by atoms with E-state index in [1.165, 1.54) is 154 Å². The molecule has 68 heavy (non-hydrogen) atoms. The summed E-state index contributed by atoms with van der Waals surface area (Å²) in [6, 6.07) is -0.713. The predicted molar refractivity (Wildman–Crippen MR) is 296 cm³/mol. The van der Waals surface area contributed by atoms with Crippen LogP contribution in [0.15, 0.2) is 60.8 Å². The molecule has 3 N–H and O–H groups in total. The SMILES string of the molecule is CCCCC/C=C\C/C=C\C/C=C\CCCCCCCCC(=O)OC(CCCCCC/C=C/C=C/CCCCC)CC(=O)NC(CO)C(O)CCCCCCCCCCCCCCCCCCC. The quantitative estimate of drug-likeness (QED) is 0.0244. The van der Waals surface area contributed by atoms with Crippen molar-refractivity contribution in [1.29, 1.82) is 0 Å². The van der Waals surface area contributed by atoms with Crippen molar-refractivity contribution in [3.05, 3.63) is 60.8 Å². The van der Waals surface area contributed by atoms with Crippen LogP contribution in [0.2, 0.25) is 0 Å². The fraction of sp³-hybridized carbons (Fsp3) is 0.806. The average molecular weight is 953 g/mol. The lowest BCUT2D eigenvalue weighted by Crippen LogP contribution is -2.46. The summed E-state index contributed by atoms with van der Waals surface area (Å²) in [6.07, 6.45) is 70.0. The standard InChI is InChI=1S/C62H113NO5/c1-4-7-10-13-16-19-22-25-27-29-30-32-34-37-40-43-46-49-52-55-62(67)68-58(53-50-47-44-41-38-35-24-21-18-15-12-9-6-3)56-61(66)63-59(57-64)60(65)54-51-48-45-42-39-36-33-31-28-26-23-20-17-14-11-8-5-2/h16,18-19,21,24-25,27,30,32,35,58-60,64-65H,4-15,17,20,22-23,26,28-29,31,33-34,36-57H2,1-3H3,(H,63,66)/b19-16-,21-18+,27-25-,32-30-,35-24+. The first-order chi connectivity index (χ1) is 33.5. The van der Waals surface area contributed by atoms with Gasteiger partial charge in [-0.05, 0) is 89.9 Å². The van der Waals surface area contributed by atoms with Crippen molar-refractivity contribution in [2.75, 3.05) is 6.61 Å². The van der Waals surface area contributed by atoms with Crippen molar-refractivity contribution >= 4 is 11.9 Å². The number of hydrogen-bond donors (Lipinski definition) is 3. The number of nitrogens with one attached hydrogen (secondary N) is 1. The molecule has 396 valence electrons. The lowest BCUT2D eigenvalue weighted by atomic mass is 10.0. The number of ether oxygens (including phenoxy) is 1. The molecule has 1 amide bonds. The van der Waals surface area contributed by atoms with E-state index in [9.17, 15) is 19.8 Å². The van der Waals surface area contributed by atoms with Crippen molar-refractivity contribution in [3.8, 4) is 0 Å². The third kappa shape index (κ3) is 50.0. The molecular formula is C62H113NO5. The fourth-order valence-corrected chi connectivity index (χ4v) is 8.84. The smallest absolute Gasteiger partial charge is 0.306 e. The van der Waals surface area contributed by atoms with Crippen LogP contribution in [0.5, 0.6) is 0 Å². The van der Waals surface area contributed by atoms with Crippen LogP contribution in [0.25, 0.3) is 0 Å². The summed E-state index contributed by atoms with van der Waals surface area (Å²) < 4.78 is 5.95. The van der Waals surface area contributed by atoms with Crippen LogP contribution in [0.4, 0.5) is 0 Å². The molecule has 0 aromatic heterocycles. The van der Waals surface area contributed by atoms with Crippen LogP contribution in [0, 0.1) is 0 Å². The molecular weight excluding hydrogens is 839 g/mol. The summed E-state index contributed by atoms with van der Waals surface area (Å²) in [7, 11) is 0. The Morgan fingerprint density at radius 1 is 0.441 bits per heavy atom. The number of carbonyl (C=O) groups excluding carboxylic acids is 2. The Morgan fingerprint density at radius 2 is 0.794 bits per heavy atom. The Labute approximate surface area is 422 Å². The van der Waals surface area contributed by atoms with Gasteiger partial charge in [0.15, 0.2) is 0 Å². The van der Waals surface area contributed by atoms with Gasteiger partial charge in [-0.3, -0.25) is 9.59 Å². The molecule has 0 spiro atoms. The summed E-state index contributed by atoms with van der Waals surface area (Å²) in [5.74, 6) is -0.501. The zero-order chi connectivity index (χ0) is 49.5. The number of aliphatic hydroxyl groups is 2. The maximum atomic E-state index is 13.3. The molecule has 0 aliphatic heterocycles. The van der Waals surface area contributed by atoms with Crippen LogP contribution < -0.4 is 5.32 Å². The van der Waals surface area contributed by atoms with E-state index in [4.69, 9.17) is 4.74 Å². The van der Waals surface area contributed by atoms with Gasteiger partial charge < -0.3 is 20.3 Å². The van der Waals surface area contributed by atoms with Gasteiger partial charge in [0.25, 0.3) is 0 Å². The van der Waals surface area contributed by atoms with Gasteiger partial charge in [0.2, 0.25) is 5.91 Å². The first-order valence-electron chi connectivity index (χ1n) is 29.5. The molecule has 0 heterocycles. The summed E-state index contributed by atoms with van der Waals surface area (Å²) in [5.41, 5.74) is 0. The van der Waals surface area contributed by atoms with Gasteiger partial charge in [-0.15, -0.1) is 0 Å². The van der Waals surface area contributed by atoms with Crippen LogP contribution in [-0.2, 0) is 14.3 Å². The van der Waals surface area contributed by atoms with Crippen molar-refractivity contribution in [2.24, 2.45) is 0 Å². The van der Waals surface area contributed by atoms with Gasteiger partial charge in [0.05, 0.1) is 25.2 Å². The number of aliphatic hydroxyl groups excluding tert-OH is 2. The molecule has 6 heteroatoms. The largest absolute Gasteiger partial charge is 0.462 e. The molecule has 0 saturated heterocycles. The molecule has 0 bridgehead atoms. The second-order valence-electron chi connectivity index (χ2n) is 20.1. The molecule has 0 aliphatic carbocycles. The second-order valence-corrected chi connectivity index (χ2v) is 20.1. The maximum Gasteiger partial charge on any atom is 0.306 e. The Morgan fingerprint density at radius 3 is 1.25 bits per heavy atom. The highest BCUT2D eigenvalue weighted by atomic mass is 16.5. The Kier molecular flexibility index (Phi) is 53.5. The van der Waals surface area contributed by atoms with Crippen molar-refractivity contribution in [3.63, 3.8) is 0 Å². The number of carbonyl (C=O) groups is 2. The topological polar surface area (TPSA) is 95.9 Å². The minimum absolute atomic E-state index is 0.0582. The first-order valence-corrected chi connectivity index (χ1v) is 29.5. The number of unbranched alkanes of at least 4 members (excludes halogenated alkanes) is 32. The third-order valence-electron chi connectivity index (χ3n) is 13.3. The Bertz CT molecular complexity index is 1210. The van der Waals surface area contributed by atoms with Gasteiger partial charge >= 0.3 is 5.97 Å². The van der Waals surface area contributed by atoms with Crippen molar-refractivity contribution < 1.29 is 24.5 Å². The van der Waals surface area contributed by atoms with E-state index in [0.717, 1.165) is 96.3 Å². The molecule has 6 nitrogen and oxygen atoms in total. The molecule has 0 aromatic rings. The van der Waals surface area contributed by atoms with E-state index < -0.39 is 18.2 Å². The van der Waals surface area contributed by atoms with Crippen molar-refractivity contribution in [2.45, 2.75) is 315 Å². The summed E-state index contributed by atoms with van der Waals surface area (Å²) in [6.45, 7) is 6.45. The Balaban J connectivity index is 4.54. The van der Waals surface area contributed by atoms with Gasteiger partial charge in [0, 0.05) is 6.42 Å². The normalized spacial score (nSPS) is 13.5. The monoisotopic (exact) mass is 952 g/mol. The molecule has 0 aliphatic rings. The molecule has 0 fully saturated rings. The molecule has 3 unspecified atom stereocenters. The van der Waals surface area contributed by atoms with E-state index >= 15 is 0 Å².